The fourth-order valence-corrected chi connectivity index (χ4v) is 1.87. The van der Waals surface area contributed by atoms with E-state index >= 15 is 0 Å². The molecule has 1 aromatic rings. The minimum Gasteiger partial charge on any atom is -0.489 e. The molecule has 0 atom stereocenters. The van der Waals surface area contributed by atoms with Gasteiger partial charge in [0.15, 0.2) is 0 Å². The van der Waals surface area contributed by atoms with E-state index in [1.165, 1.54) is 5.56 Å². The van der Waals surface area contributed by atoms with Crippen molar-refractivity contribution in [2.24, 2.45) is 0 Å². The Balaban J connectivity index is 2.24. The van der Waals surface area contributed by atoms with Crippen LogP contribution in [0.4, 0.5) is 0 Å². The second-order valence-electron chi connectivity index (χ2n) is 5.08. The summed E-state index contributed by atoms with van der Waals surface area (Å²) in [6.07, 6.45) is 7.22. The Morgan fingerprint density at radius 1 is 1.18 bits per heavy atom. The molecule has 1 heterocycles. The largest absolute Gasteiger partial charge is 0.489 e. The third-order valence-corrected chi connectivity index (χ3v) is 3.55. The third kappa shape index (κ3) is 2.60. The molecular formula is C16H20O. The smallest absolute Gasteiger partial charge is 0.126 e. The van der Waals surface area contributed by atoms with Gasteiger partial charge in [0.25, 0.3) is 0 Å². The summed E-state index contributed by atoms with van der Waals surface area (Å²) in [5.74, 6) is 0.966. The number of hydrogen-bond donors (Lipinski definition) is 0. The quantitative estimate of drug-likeness (QED) is 0.749. The zero-order valence-electron chi connectivity index (χ0n) is 10.9. The van der Waals surface area contributed by atoms with Gasteiger partial charge in [0, 0.05) is 5.56 Å². The molecule has 0 amide bonds. The van der Waals surface area contributed by atoms with Crippen LogP contribution in [0.15, 0.2) is 42.5 Å². The van der Waals surface area contributed by atoms with E-state index in [0.29, 0.717) is 6.61 Å². The summed E-state index contributed by atoms with van der Waals surface area (Å²) < 4.78 is 5.59. The SMILES string of the molecule is CCC(C)(C)c1ccc(C2=CC=CCO2)cc1. The lowest BCUT2D eigenvalue weighted by Crippen LogP contribution is -2.15. The number of hydrogen-bond acceptors (Lipinski definition) is 1. The van der Waals surface area contributed by atoms with E-state index in [9.17, 15) is 0 Å². The number of rotatable bonds is 3. The molecule has 0 N–H and O–H groups in total. The first kappa shape index (κ1) is 12.0. The standard InChI is InChI=1S/C16H20O/c1-4-16(2,3)14-10-8-13(9-11-14)15-7-5-6-12-17-15/h5-11H,4,12H2,1-3H3. The van der Waals surface area contributed by atoms with Crippen molar-refractivity contribution in [1.82, 2.24) is 0 Å². The van der Waals surface area contributed by atoms with Crippen molar-refractivity contribution in [2.45, 2.75) is 32.6 Å². The molecule has 0 unspecified atom stereocenters. The van der Waals surface area contributed by atoms with Crippen molar-refractivity contribution < 1.29 is 4.74 Å². The minimum absolute atomic E-state index is 0.250. The number of benzene rings is 1. The lowest BCUT2D eigenvalue weighted by Gasteiger charge is -2.23. The predicted molar refractivity (Wildman–Crippen MR) is 72.8 cm³/mol. The zero-order valence-corrected chi connectivity index (χ0v) is 10.9. The Hall–Kier alpha value is -1.50. The van der Waals surface area contributed by atoms with Crippen LogP contribution in [0.5, 0.6) is 0 Å². The molecule has 0 radical (unpaired) electrons. The average molecular weight is 228 g/mol. The maximum absolute atomic E-state index is 5.59. The molecule has 0 saturated heterocycles. The van der Waals surface area contributed by atoms with Gasteiger partial charge in [-0.1, -0.05) is 51.1 Å². The van der Waals surface area contributed by atoms with E-state index in [4.69, 9.17) is 4.74 Å². The first-order valence-corrected chi connectivity index (χ1v) is 6.24. The van der Waals surface area contributed by atoms with Crippen LogP contribution < -0.4 is 0 Å². The molecule has 90 valence electrons. The molecule has 0 bridgehead atoms. The molecule has 1 aromatic carbocycles. The van der Waals surface area contributed by atoms with Gasteiger partial charge >= 0.3 is 0 Å². The maximum atomic E-state index is 5.59. The lowest BCUT2D eigenvalue weighted by atomic mass is 9.82. The number of allylic oxidation sites excluding steroid dienone is 2. The Kier molecular flexibility index (Phi) is 3.37. The summed E-state index contributed by atoms with van der Waals surface area (Å²) >= 11 is 0. The molecule has 0 fully saturated rings. The highest BCUT2D eigenvalue weighted by Gasteiger charge is 2.17. The van der Waals surface area contributed by atoms with Crippen LogP contribution in [-0.4, -0.2) is 6.61 Å². The third-order valence-electron chi connectivity index (χ3n) is 3.55. The van der Waals surface area contributed by atoms with E-state index in [1.54, 1.807) is 0 Å². The zero-order chi connectivity index (χ0) is 12.3. The molecule has 0 aromatic heterocycles. The summed E-state index contributed by atoms with van der Waals surface area (Å²) in [4.78, 5) is 0. The Morgan fingerprint density at radius 2 is 1.88 bits per heavy atom. The lowest BCUT2D eigenvalue weighted by molar-refractivity contribution is 0.316. The van der Waals surface area contributed by atoms with E-state index in [-0.39, 0.29) is 5.41 Å². The van der Waals surface area contributed by atoms with Crippen molar-refractivity contribution in [2.75, 3.05) is 6.61 Å². The van der Waals surface area contributed by atoms with E-state index in [0.717, 1.165) is 17.7 Å². The molecule has 1 heteroatoms. The summed E-state index contributed by atoms with van der Waals surface area (Å²) in [6, 6.07) is 8.72. The predicted octanol–water partition coefficient (Wildman–Crippen LogP) is 4.30. The fraction of sp³-hybridized carbons (Fsp3) is 0.375. The Labute approximate surface area is 104 Å². The van der Waals surface area contributed by atoms with Gasteiger partial charge in [0.1, 0.15) is 12.4 Å². The highest BCUT2D eigenvalue weighted by Crippen LogP contribution is 2.28. The molecule has 17 heavy (non-hydrogen) atoms. The summed E-state index contributed by atoms with van der Waals surface area (Å²) in [6.45, 7) is 7.46. The fourth-order valence-electron chi connectivity index (χ4n) is 1.87. The molecule has 0 spiro atoms. The molecule has 1 nitrogen and oxygen atoms in total. The summed E-state index contributed by atoms with van der Waals surface area (Å²) in [7, 11) is 0. The van der Waals surface area contributed by atoms with Gasteiger partial charge in [-0.05, 0) is 29.6 Å². The van der Waals surface area contributed by atoms with Crippen LogP contribution in [0.25, 0.3) is 5.76 Å². The Bertz CT molecular complexity index is 435. The average Bonchev–Trinajstić information content (AvgIpc) is 2.40. The van der Waals surface area contributed by atoms with Crippen LogP contribution in [0.3, 0.4) is 0 Å². The first-order valence-electron chi connectivity index (χ1n) is 6.24. The van der Waals surface area contributed by atoms with Crippen molar-refractivity contribution in [3.8, 4) is 0 Å². The molecule has 1 aliphatic heterocycles. The van der Waals surface area contributed by atoms with Crippen molar-refractivity contribution >= 4 is 5.76 Å². The molecule has 2 rings (SSSR count). The number of ether oxygens (including phenoxy) is 1. The van der Waals surface area contributed by atoms with Crippen molar-refractivity contribution in [3.63, 3.8) is 0 Å². The van der Waals surface area contributed by atoms with Gasteiger partial charge in [0.2, 0.25) is 0 Å². The normalized spacial score (nSPS) is 15.4. The monoisotopic (exact) mass is 228 g/mol. The van der Waals surface area contributed by atoms with Crippen LogP contribution in [0.1, 0.15) is 38.3 Å². The van der Waals surface area contributed by atoms with Crippen LogP contribution >= 0.6 is 0 Å². The van der Waals surface area contributed by atoms with Gasteiger partial charge in [-0.2, -0.15) is 0 Å². The molecule has 0 saturated carbocycles. The Morgan fingerprint density at radius 3 is 2.41 bits per heavy atom. The summed E-state index contributed by atoms with van der Waals surface area (Å²) in [5, 5.41) is 0. The molecule has 0 aliphatic carbocycles. The van der Waals surface area contributed by atoms with Gasteiger partial charge in [-0.15, -0.1) is 0 Å². The first-order chi connectivity index (χ1) is 8.13. The second kappa shape index (κ2) is 4.79. The van der Waals surface area contributed by atoms with E-state index < -0.39 is 0 Å². The second-order valence-corrected chi connectivity index (χ2v) is 5.08. The van der Waals surface area contributed by atoms with Crippen molar-refractivity contribution in [1.29, 1.82) is 0 Å². The van der Waals surface area contributed by atoms with Gasteiger partial charge < -0.3 is 4.74 Å². The minimum atomic E-state index is 0.250. The van der Waals surface area contributed by atoms with Gasteiger partial charge in [-0.3, -0.25) is 0 Å². The van der Waals surface area contributed by atoms with Crippen LogP contribution in [0.2, 0.25) is 0 Å². The maximum Gasteiger partial charge on any atom is 0.126 e. The highest BCUT2D eigenvalue weighted by atomic mass is 16.5. The van der Waals surface area contributed by atoms with Crippen LogP contribution in [-0.2, 0) is 10.2 Å². The summed E-state index contributed by atoms with van der Waals surface area (Å²) in [5.41, 5.74) is 2.79. The highest BCUT2D eigenvalue weighted by molar-refractivity contribution is 5.62. The van der Waals surface area contributed by atoms with E-state index in [2.05, 4.69) is 45.0 Å². The van der Waals surface area contributed by atoms with Gasteiger partial charge in [-0.25, -0.2) is 0 Å². The molecular weight excluding hydrogens is 208 g/mol. The molecule has 1 aliphatic rings. The van der Waals surface area contributed by atoms with Gasteiger partial charge in [0.05, 0.1) is 0 Å². The van der Waals surface area contributed by atoms with Crippen molar-refractivity contribution in [3.05, 3.63) is 53.6 Å². The topological polar surface area (TPSA) is 9.23 Å². The van der Waals surface area contributed by atoms with E-state index in [1.807, 2.05) is 18.2 Å². The van der Waals surface area contributed by atoms with Crippen LogP contribution in [0, 0.1) is 0 Å².